The topological polar surface area (TPSA) is 52.5 Å². The average molecular weight is 147 g/mol. The van der Waals surface area contributed by atoms with Gasteiger partial charge in [-0.25, -0.2) is 0 Å². The average Bonchev–Trinajstić information content (AvgIpc) is 1.89. The number of aliphatic hydroxyl groups is 2. The molecular formula is C7H17NO2. The first-order chi connectivity index (χ1) is 4.62. The first-order valence-electron chi connectivity index (χ1n) is 3.55. The van der Waals surface area contributed by atoms with Crippen LogP contribution in [0.5, 0.6) is 0 Å². The molecule has 0 heterocycles. The molecule has 0 aliphatic rings. The fraction of sp³-hybridized carbons (Fsp3) is 1.00. The molecule has 0 radical (unpaired) electrons. The first kappa shape index (κ1) is 9.88. The van der Waals surface area contributed by atoms with Crippen LogP contribution < -0.4 is 5.32 Å². The molecule has 0 aliphatic carbocycles. The molecule has 0 fully saturated rings. The molecule has 0 unspecified atom stereocenters. The van der Waals surface area contributed by atoms with E-state index in [1.165, 1.54) is 0 Å². The van der Waals surface area contributed by atoms with E-state index in [1.807, 2.05) is 13.8 Å². The van der Waals surface area contributed by atoms with E-state index in [-0.39, 0.29) is 18.6 Å². The van der Waals surface area contributed by atoms with Crippen molar-refractivity contribution in [2.75, 3.05) is 26.3 Å². The van der Waals surface area contributed by atoms with Gasteiger partial charge in [0.1, 0.15) is 0 Å². The Kier molecular flexibility index (Phi) is 4.60. The van der Waals surface area contributed by atoms with E-state index in [9.17, 15) is 0 Å². The summed E-state index contributed by atoms with van der Waals surface area (Å²) in [5, 5.41) is 20.2. The summed E-state index contributed by atoms with van der Waals surface area (Å²) in [4.78, 5) is 0. The molecule has 0 aromatic heterocycles. The summed E-state index contributed by atoms with van der Waals surface area (Å²) in [5.74, 6) is 0. The van der Waals surface area contributed by atoms with Crippen molar-refractivity contribution in [3.05, 3.63) is 0 Å². The van der Waals surface area contributed by atoms with E-state index in [1.54, 1.807) is 0 Å². The van der Waals surface area contributed by atoms with Crippen LogP contribution in [0.4, 0.5) is 0 Å². The van der Waals surface area contributed by atoms with Crippen LogP contribution in [0.3, 0.4) is 0 Å². The lowest BCUT2D eigenvalue weighted by Crippen LogP contribution is -2.33. The molecule has 0 atom stereocenters. The van der Waals surface area contributed by atoms with Gasteiger partial charge in [0.05, 0.1) is 6.61 Å². The number of hydrogen-bond acceptors (Lipinski definition) is 3. The van der Waals surface area contributed by atoms with E-state index < -0.39 is 0 Å². The van der Waals surface area contributed by atoms with Crippen LogP contribution >= 0.6 is 0 Å². The molecule has 10 heavy (non-hydrogen) atoms. The summed E-state index contributed by atoms with van der Waals surface area (Å²) in [6.07, 6.45) is 0. The summed E-state index contributed by atoms with van der Waals surface area (Å²) in [7, 11) is 0. The molecule has 0 bridgehead atoms. The van der Waals surface area contributed by atoms with Gasteiger partial charge < -0.3 is 15.5 Å². The summed E-state index contributed by atoms with van der Waals surface area (Å²) in [5.41, 5.74) is -0.0742. The van der Waals surface area contributed by atoms with Gasteiger partial charge in [0.15, 0.2) is 0 Å². The maximum absolute atomic E-state index is 8.79. The lowest BCUT2D eigenvalue weighted by molar-refractivity contribution is 0.154. The minimum absolute atomic E-state index is 0.0742. The molecule has 0 aliphatic heterocycles. The monoisotopic (exact) mass is 147 g/mol. The van der Waals surface area contributed by atoms with Crippen molar-refractivity contribution in [1.29, 1.82) is 0 Å². The van der Waals surface area contributed by atoms with Crippen LogP contribution in [0.1, 0.15) is 13.8 Å². The Hall–Kier alpha value is -0.120. The summed E-state index contributed by atoms with van der Waals surface area (Å²) < 4.78 is 0. The molecule has 62 valence electrons. The lowest BCUT2D eigenvalue weighted by atomic mass is 9.95. The highest BCUT2D eigenvalue weighted by Crippen LogP contribution is 2.10. The van der Waals surface area contributed by atoms with Crippen molar-refractivity contribution in [3.8, 4) is 0 Å². The number of hydrogen-bond donors (Lipinski definition) is 3. The van der Waals surface area contributed by atoms with E-state index in [4.69, 9.17) is 10.2 Å². The Labute approximate surface area is 62.1 Å². The molecule has 0 spiro atoms. The molecule has 0 amide bonds. The minimum atomic E-state index is -0.0742. The summed E-state index contributed by atoms with van der Waals surface area (Å²) in [6.45, 7) is 5.61. The van der Waals surface area contributed by atoms with Crippen LogP contribution in [0, 0.1) is 5.41 Å². The minimum Gasteiger partial charge on any atom is -0.396 e. The molecule has 0 rings (SSSR count). The normalized spacial score (nSPS) is 12.0. The van der Waals surface area contributed by atoms with E-state index in [2.05, 4.69) is 5.32 Å². The highest BCUT2D eigenvalue weighted by molar-refractivity contribution is 4.69. The van der Waals surface area contributed by atoms with Crippen molar-refractivity contribution in [2.45, 2.75) is 13.8 Å². The third-order valence-corrected chi connectivity index (χ3v) is 1.32. The zero-order valence-corrected chi connectivity index (χ0v) is 6.72. The SMILES string of the molecule is CC(C)(CO)CNCCO. The van der Waals surface area contributed by atoms with Crippen molar-refractivity contribution in [3.63, 3.8) is 0 Å². The van der Waals surface area contributed by atoms with Crippen LogP contribution in [0.2, 0.25) is 0 Å². The van der Waals surface area contributed by atoms with E-state index in [0.717, 1.165) is 6.54 Å². The zero-order chi connectivity index (χ0) is 8.04. The predicted octanol–water partition coefficient (Wildman–Crippen LogP) is -0.413. The van der Waals surface area contributed by atoms with Crippen LogP contribution in [0.25, 0.3) is 0 Å². The number of nitrogens with one attached hydrogen (secondary N) is 1. The molecule has 0 saturated heterocycles. The second kappa shape index (κ2) is 4.66. The van der Waals surface area contributed by atoms with Gasteiger partial charge >= 0.3 is 0 Å². The van der Waals surface area contributed by atoms with Gasteiger partial charge in [0.25, 0.3) is 0 Å². The molecule has 3 heteroatoms. The second-order valence-corrected chi connectivity index (χ2v) is 3.22. The van der Waals surface area contributed by atoms with Crippen LogP contribution in [-0.2, 0) is 0 Å². The standard InChI is InChI=1S/C7H17NO2/c1-7(2,6-10)5-8-3-4-9/h8-10H,3-6H2,1-2H3. The van der Waals surface area contributed by atoms with Gasteiger partial charge in [-0.1, -0.05) is 13.8 Å². The van der Waals surface area contributed by atoms with Crippen molar-refractivity contribution in [2.24, 2.45) is 5.41 Å². The van der Waals surface area contributed by atoms with Crippen molar-refractivity contribution >= 4 is 0 Å². The van der Waals surface area contributed by atoms with Gasteiger partial charge in [-0.15, -0.1) is 0 Å². The molecular weight excluding hydrogens is 130 g/mol. The largest absolute Gasteiger partial charge is 0.396 e. The third kappa shape index (κ3) is 4.73. The smallest absolute Gasteiger partial charge is 0.0555 e. The van der Waals surface area contributed by atoms with E-state index >= 15 is 0 Å². The van der Waals surface area contributed by atoms with Crippen molar-refractivity contribution in [1.82, 2.24) is 5.32 Å². The van der Waals surface area contributed by atoms with Crippen molar-refractivity contribution < 1.29 is 10.2 Å². The molecule has 0 aromatic rings. The third-order valence-electron chi connectivity index (χ3n) is 1.32. The molecule has 0 aromatic carbocycles. The fourth-order valence-corrected chi connectivity index (χ4v) is 0.562. The Bertz CT molecular complexity index is 83.7. The molecule has 3 N–H and O–H groups in total. The van der Waals surface area contributed by atoms with Gasteiger partial charge in [-0.3, -0.25) is 0 Å². The van der Waals surface area contributed by atoms with Gasteiger partial charge in [0, 0.05) is 25.1 Å². The summed E-state index contributed by atoms with van der Waals surface area (Å²) >= 11 is 0. The lowest BCUT2D eigenvalue weighted by Gasteiger charge is -2.21. The highest BCUT2D eigenvalue weighted by atomic mass is 16.3. The zero-order valence-electron chi connectivity index (χ0n) is 6.72. The number of rotatable bonds is 5. The maximum Gasteiger partial charge on any atom is 0.0555 e. The van der Waals surface area contributed by atoms with Gasteiger partial charge in [0.2, 0.25) is 0 Å². The van der Waals surface area contributed by atoms with Gasteiger partial charge in [-0.2, -0.15) is 0 Å². The van der Waals surface area contributed by atoms with Crippen LogP contribution in [-0.4, -0.2) is 36.5 Å². The Balaban J connectivity index is 3.28. The predicted molar refractivity (Wildman–Crippen MR) is 40.8 cm³/mol. The second-order valence-electron chi connectivity index (χ2n) is 3.22. The fourth-order valence-electron chi connectivity index (χ4n) is 0.562. The maximum atomic E-state index is 8.79. The molecule has 3 nitrogen and oxygen atoms in total. The first-order valence-corrected chi connectivity index (χ1v) is 3.55. The Morgan fingerprint density at radius 1 is 1.30 bits per heavy atom. The number of aliphatic hydroxyl groups excluding tert-OH is 2. The quantitative estimate of drug-likeness (QED) is 0.463. The Morgan fingerprint density at radius 2 is 1.90 bits per heavy atom. The van der Waals surface area contributed by atoms with E-state index in [0.29, 0.717) is 6.54 Å². The summed E-state index contributed by atoms with van der Waals surface area (Å²) in [6, 6.07) is 0. The van der Waals surface area contributed by atoms with Crippen LogP contribution in [0.15, 0.2) is 0 Å². The molecule has 0 saturated carbocycles. The Morgan fingerprint density at radius 3 is 2.30 bits per heavy atom. The van der Waals surface area contributed by atoms with Gasteiger partial charge in [-0.05, 0) is 0 Å². The highest BCUT2D eigenvalue weighted by Gasteiger charge is 2.14.